The molecular formula is C13H10FN3. The molecule has 0 N–H and O–H groups in total. The number of hydrogen-bond donors (Lipinski definition) is 0. The van der Waals surface area contributed by atoms with Gasteiger partial charge < -0.3 is 4.90 Å². The topological polar surface area (TPSA) is 28.5 Å². The zero-order valence-corrected chi connectivity index (χ0v) is 9.05. The lowest BCUT2D eigenvalue weighted by Gasteiger charge is -2.26. The first-order valence-corrected chi connectivity index (χ1v) is 5.35. The second-order valence-corrected chi connectivity index (χ2v) is 3.75. The molecule has 84 valence electrons. The van der Waals surface area contributed by atoms with Gasteiger partial charge in [0.05, 0.1) is 24.1 Å². The van der Waals surface area contributed by atoms with Gasteiger partial charge in [0.2, 0.25) is 0 Å². The van der Waals surface area contributed by atoms with Gasteiger partial charge in [-0.05, 0) is 24.3 Å². The summed E-state index contributed by atoms with van der Waals surface area (Å²) in [6, 6.07) is 10.9. The summed E-state index contributed by atoms with van der Waals surface area (Å²) in [5.74, 6) is 0.401. The van der Waals surface area contributed by atoms with Crippen LogP contribution in [0.3, 0.4) is 0 Å². The molecule has 0 radical (unpaired) electrons. The average molecular weight is 227 g/mol. The zero-order valence-electron chi connectivity index (χ0n) is 9.05. The van der Waals surface area contributed by atoms with E-state index in [4.69, 9.17) is 0 Å². The molecule has 0 spiro atoms. The van der Waals surface area contributed by atoms with Gasteiger partial charge >= 0.3 is 0 Å². The van der Waals surface area contributed by atoms with Crippen LogP contribution in [-0.4, -0.2) is 17.7 Å². The maximum atomic E-state index is 12.8. The molecule has 4 heteroatoms. The van der Waals surface area contributed by atoms with Crippen molar-refractivity contribution in [1.82, 2.24) is 4.98 Å². The Balaban J connectivity index is 2.05. The number of benzene rings is 1. The van der Waals surface area contributed by atoms with Gasteiger partial charge in [-0.3, -0.25) is 4.99 Å². The number of aromatic nitrogens is 1. The van der Waals surface area contributed by atoms with Crippen LogP contribution in [0.1, 0.15) is 0 Å². The van der Waals surface area contributed by atoms with E-state index in [-0.39, 0.29) is 5.82 Å². The highest BCUT2D eigenvalue weighted by atomic mass is 19.1. The van der Waals surface area contributed by atoms with E-state index in [1.807, 2.05) is 35.4 Å². The Labute approximate surface area is 98.3 Å². The Bertz CT molecular complexity index is 563. The van der Waals surface area contributed by atoms with Crippen molar-refractivity contribution in [3.05, 3.63) is 48.4 Å². The molecule has 0 saturated carbocycles. The highest BCUT2D eigenvalue weighted by Crippen LogP contribution is 2.34. The van der Waals surface area contributed by atoms with E-state index in [9.17, 15) is 4.39 Å². The predicted octanol–water partition coefficient (Wildman–Crippen LogP) is 3.07. The Morgan fingerprint density at radius 3 is 2.82 bits per heavy atom. The van der Waals surface area contributed by atoms with E-state index >= 15 is 0 Å². The molecule has 1 aliphatic heterocycles. The first-order chi connectivity index (χ1) is 8.34. The molecule has 1 aliphatic rings. The minimum absolute atomic E-state index is 0.326. The van der Waals surface area contributed by atoms with Crippen LogP contribution in [0.4, 0.5) is 21.6 Å². The van der Waals surface area contributed by atoms with Crippen LogP contribution in [0.5, 0.6) is 0 Å². The minimum atomic E-state index is -0.326. The number of halogens is 1. The third kappa shape index (κ3) is 1.78. The largest absolute Gasteiger partial charge is 0.319 e. The summed E-state index contributed by atoms with van der Waals surface area (Å²) in [5, 5.41) is 0. The fourth-order valence-electron chi connectivity index (χ4n) is 1.87. The molecule has 1 aromatic carbocycles. The molecule has 0 atom stereocenters. The van der Waals surface area contributed by atoms with E-state index in [1.165, 1.54) is 12.3 Å². The highest BCUT2D eigenvalue weighted by Gasteiger charge is 2.15. The van der Waals surface area contributed by atoms with Crippen LogP contribution < -0.4 is 4.90 Å². The molecule has 1 aromatic heterocycles. The second-order valence-electron chi connectivity index (χ2n) is 3.75. The fraction of sp³-hybridized carbons (Fsp3) is 0.0769. The summed E-state index contributed by atoms with van der Waals surface area (Å²) in [7, 11) is 0. The van der Waals surface area contributed by atoms with Crippen molar-refractivity contribution in [3.63, 3.8) is 0 Å². The van der Waals surface area contributed by atoms with Crippen LogP contribution in [0.25, 0.3) is 0 Å². The standard InChI is InChI=1S/C13H10FN3/c14-10-5-6-13(16-9-10)17-8-7-15-11-3-1-2-4-12(11)17/h1-7,9H,8H2. The SMILES string of the molecule is Fc1ccc(N2CC=Nc3ccccc32)nc1. The zero-order chi connectivity index (χ0) is 11.7. The van der Waals surface area contributed by atoms with Crippen LogP contribution in [0.15, 0.2) is 47.6 Å². The molecule has 0 saturated heterocycles. The molecule has 0 aliphatic carbocycles. The van der Waals surface area contributed by atoms with Crippen molar-refractivity contribution in [2.24, 2.45) is 4.99 Å². The van der Waals surface area contributed by atoms with Crippen molar-refractivity contribution in [1.29, 1.82) is 0 Å². The lowest BCUT2D eigenvalue weighted by atomic mass is 10.2. The number of fused-ring (bicyclic) bond motifs is 1. The summed E-state index contributed by atoms with van der Waals surface area (Å²) in [6.07, 6.45) is 3.05. The third-order valence-electron chi connectivity index (χ3n) is 2.66. The van der Waals surface area contributed by atoms with Crippen LogP contribution in [0.2, 0.25) is 0 Å². The molecule has 3 nitrogen and oxygen atoms in total. The lowest BCUT2D eigenvalue weighted by Crippen LogP contribution is -2.22. The van der Waals surface area contributed by atoms with Gasteiger partial charge in [0.15, 0.2) is 0 Å². The number of anilines is 2. The third-order valence-corrected chi connectivity index (χ3v) is 2.66. The summed E-state index contributed by atoms with van der Waals surface area (Å²) in [6.45, 7) is 0.648. The Morgan fingerprint density at radius 1 is 1.12 bits per heavy atom. The quantitative estimate of drug-likeness (QED) is 0.749. The van der Waals surface area contributed by atoms with Crippen molar-refractivity contribution >= 4 is 23.4 Å². The lowest BCUT2D eigenvalue weighted by molar-refractivity contribution is 0.621. The molecular weight excluding hydrogens is 217 g/mol. The van der Waals surface area contributed by atoms with Gasteiger partial charge in [-0.1, -0.05) is 12.1 Å². The second kappa shape index (κ2) is 3.97. The molecule has 3 rings (SSSR count). The van der Waals surface area contributed by atoms with Gasteiger partial charge in [-0.15, -0.1) is 0 Å². The Kier molecular flexibility index (Phi) is 2.33. The highest BCUT2D eigenvalue weighted by molar-refractivity contribution is 5.85. The predicted molar refractivity (Wildman–Crippen MR) is 65.8 cm³/mol. The number of aliphatic imine (C=N–C) groups is 1. The summed E-state index contributed by atoms with van der Waals surface area (Å²) < 4.78 is 12.8. The van der Waals surface area contributed by atoms with Crippen molar-refractivity contribution in [2.75, 3.05) is 11.4 Å². The summed E-state index contributed by atoms with van der Waals surface area (Å²) >= 11 is 0. The molecule has 17 heavy (non-hydrogen) atoms. The Morgan fingerprint density at radius 2 is 2.00 bits per heavy atom. The van der Waals surface area contributed by atoms with Crippen LogP contribution >= 0.6 is 0 Å². The summed E-state index contributed by atoms with van der Waals surface area (Å²) in [4.78, 5) is 10.4. The first-order valence-electron chi connectivity index (χ1n) is 5.35. The van der Waals surface area contributed by atoms with Gasteiger partial charge in [0, 0.05) is 6.21 Å². The number of para-hydroxylation sites is 2. The smallest absolute Gasteiger partial charge is 0.141 e. The molecule has 0 fully saturated rings. The molecule has 0 amide bonds. The van der Waals surface area contributed by atoms with E-state index < -0.39 is 0 Å². The molecule has 2 aromatic rings. The van der Waals surface area contributed by atoms with Gasteiger partial charge in [-0.2, -0.15) is 0 Å². The number of nitrogens with zero attached hydrogens (tertiary/aromatic N) is 3. The Hall–Kier alpha value is -2.23. The van der Waals surface area contributed by atoms with Gasteiger partial charge in [0.25, 0.3) is 0 Å². The van der Waals surface area contributed by atoms with E-state index in [0.29, 0.717) is 6.54 Å². The number of rotatable bonds is 1. The van der Waals surface area contributed by atoms with Gasteiger partial charge in [0.1, 0.15) is 11.6 Å². The fourth-order valence-corrected chi connectivity index (χ4v) is 1.87. The van der Waals surface area contributed by atoms with Crippen LogP contribution in [-0.2, 0) is 0 Å². The van der Waals surface area contributed by atoms with Crippen molar-refractivity contribution in [2.45, 2.75) is 0 Å². The van der Waals surface area contributed by atoms with Gasteiger partial charge in [-0.25, -0.2) is 9.37 Å². The van der Waals surface area contributed by atoms with Crippen LogP contribution in [0, 0.1) is 5.82 Å². The minimum Gasteiger partial charge on any atom is -0.319 e. The summed E-state index contributed by atoms with van der Waals surface area (Å²) in [5.41, 5.74) is 1.90. The number of pyridine rings is 1. The van der Waals surface area contributed by atoms with E-state index in [2.05, 4.69) is 9.98 Å². The average Bonchev–Trinajstić information content (AvgIpc) is 2.39. The van der Waals surface area contributed by atoms with E-state index in [0.717, 1.165) is 17.2 Å². The number of hydrogen-bond acceptors (Lipinski definition) is 3. The molecule has 0 unspecified atom stereocenters. The van der Waals surface area contributed by atoms with Crippen molar-refractivity contribution < 1.29 is 4.39 Å². The van der Waals surface area contributed by atoms with E-state index in [1.54, 1.807) is 6.07 Å². The maximum absolute atomic E-state index is 12.8. The monoisotopic (exact) mass is 227 g/mol. The van der Waals surface area contributed by atoms with Crippen molar-refractivity contribution in [3.8, 4) is 0 Å². The first kappa shape index (κ1) is 9.96. The molecule has 2 heterocycles. The normalized spacial score (nSPS) is 13.6. The maximum Gasteiger partial charge on any atom is 0.141 e. The molecule has 0 bridgehead atoms.